The van der Waals surface area contributed by atoms with E-state index in [0.29, 0.717) is 0 Å². The van der Waals surface area contributed by atoms with Gasteiger partial charge in [-0.3, -0.25) is 0 Å². The zero-order valence-corrected chi connectivity index (χ0v) is 4.77. The summed E-state index contributed by atoms with van der Waals surface area (Å²) < 4.78 is 0. The first-order valence-corrected chi connectivity index (χ1v) is 0. The van der Waals surface area contributed by atoms with Crippen molar-refractivity contribution in [3.8, 4) is 0 Å². The average Bonchev–Trinajstić information content (AvgIpc) is 0. The molecule has 0 fully saturated rings. The van der Waals surface area contributed by atoms with Crippen molar-refractivity contribution in [3.05, 3.63) is 0 Å². The molecule has 1 N–H and O–H groups in total. The van der Waals surface area contributed by atoms with Gasteiger partial charge in [0.25, 0.3) is 0 Å². The summed E-state index contributed by atoms with van der Waals surface area (Å²) in [5.74, 6) is 0. The maximum Gasteiger partial charge on any atom is 2.00 e. The van der Waals surface area contributed by atoms with Gasteiger partial charge in [-0.15, -0.1) is 0 Å². The maximum absolute atomic E-state index is 0. The molecule has 4 heteroatoms. The summed E-state index contributed by atoms with van der Waals surface area (Å²) >= 11 is 0. The van der Waals surface area contributed by atoms with Gasteiger partial charge in [0.2, 0.25) is 0 Å². The van der Waals surface area contributed by atoms with Gasteiger partial charge < -0.3 is 11.0 Å². The first-order chi connectivity index (χ1) is 0. The van der Waals surface area contributed by atoms with Crippen molar-refractivity contribution in [2.24, 2.45) is 0 Å². The van der Waals surface area contributed by atoms with Crippen LogP contribution >= 0.6 is 0 Å². The minimum atomic E-state index is 0. The van der Waals surface area contributed by atoms with E-state index in [4.69, 9.17) is 0 Å². The predicted molar refractivity (Wildman–Crippen MR) is 8.38 cm³/mol. The first-order valence-electron chi connectivity index (χ1n) is 0. The van der Waals surface area contributed by atoms with E-state index < -0.39 is 0 Å². The molecule has 0 aromatic carbocycles. The van der Waals surface area contributed by atoms with E-state index in [9.17, 15) is 0 Å². The number of hydrogen-bond acceptors (Lipinski definition) is 1. The van der Waals surface area contributed by atoms with Crippen LogP contribution in [0.25, 0.3) is 0 Å². The minimum absolute atomic E-state index is 0. The maximum atomic E-state index is 0. The van der Waals surface area contributed by atoms with Gasteiger partial charge >= 0.3 is 56.6 Å². The molecule has 0 aromatic heterocycles. The molecule has 0 bridgehead atoms. The Bertz CT molecular complexity index is 6.00. The predicted octanol–water partition coefficient (Wildman–Crippen LogP) is -3.67. The largest absolute Gasteiger partial charge is 2.00 e. The second-order valence-electron chi connectivity index (χ2n) is 0. The zero-order chi connectivity index (χ0) is 0. The van der Waals surface area contributed by atoms with Gasteiger partial charge in [0, 0.05) is 0 Å². The molecule has 0 aromatic rings. The van der Waals surface area contributed by atoms with E-state index in [1.54, 1.807) is 0 Å². The van der Waals surface area contributed by atoms with Gasteiger partial charge in [-0.1, -0.05) is 0 Å². The van der Waals surface area contributed by atoms with Gasteiger partial charge in [-0.2, -0.15) is 0 Å². The fourth-order valence-corrected chi connectivity index (χ4v) is 0. The molecular weight excluding hydrogens is 79.0 g/mol. The van der Waals surface area contributed by atoms with E-state index in [1.165, 1.54) is 0 Å². The summed E-state index contributed by atoms with van der Waals surface area (Å²) in [5, 5.41) is 0. The van der Waals surface area contributed by atoms with Gasteiger partial charge in [-0.05, 0) is 0 Å². The Morgan fingerprint density at radius 3 is 1.00 bits per heavy atom. The fraction of sp³-hybridized carbons (Fsp3) is 0. The molecule has 0 saturated carbocycles. The molecule has 0 atom stereocenters. The minimum Gasteiger partial charge on any atom is -2.00 e. The molecule has 16 valence electrons. The SMILES string of the molecule is [Ca+2].[Li+].[O-2].[OH-]. The zero-order valence-electron chi connectivity index (χ0n) is 2.56. The Kier molecular flexibility index (Phi) is 225. The monoisotopic (exact) mass is 80.0 g/mol. The fourth-order valence-electron chi connectivity index (χ4n) is 0. The van der Waals surface area contributed by atoms with Crippen LogP contribution in [0.3, 0.4) is 0 Å². The topological polar surface area (TPSA) is 58.5 Å². The standard InChI is InChI=1S/Ca.Li.H2O.O/h;;1H2;/q+2;+1;;-2/p-1. The Balaban J connectivity index is 0. The molecule has 0 rings (SSSR count). The van der Waals surface area contributed by atoms with E-state index >= 15 is 0 Å². The van der Waals surface area contributed by atoms with E-state index in [0.717, 1.165) is 0 Å². The van der Waals surface area contributed by atoms with Gasteiger partial charge in [0.05, 0.1) is 0 Å². The molecule has 0 amide bonds. The van der Waals surface area contributed by atoms with Crippen LogP contribution in [-0.4, -0.2) is 43.2 Å². The van der Waals surface area contributed by atoms with Crippen molar-refractivity contribution in [3.63, 3.8) is 0 Å². The van der Waals surface area contributed by atoms with Crippen LogP contribution in [0.5, 0.6) is 0 Å². The van der Waals surface area contributed by atoms with Crippen LogP contribution < -0.4 is 18.9 Å². The summed E-state index contributed by atoms with van der Waals surface area (Å²) in [6.45, 7) is 0. The van der Waals surface area contributed by atoms with Crippen LogP contribution in [0.15, 0.2) is 0 Å². The Labute approximate surface area is 66.7 Å². The van der Waals surface area contributed by atoms with Crippen molar-refractivity contribution in [1.29, 1.82) is 0 Å². The third-order valence-corrected chi connectivity index (χ3v) is 0. The summed E-state index contributed by atoms with van der Waals surface area (Å²) in [5.41, 5.74) is 0. The van der Waals surface area contributed by atoms with Crippen molar-refractivity contribution in [1.82, 2.24) is 0 Å². The van der Waals surface area contributed by atoms with Gasteiger partial charge in [0.1, 0.15) is 0 Å². The molecule has 0 spiro atoms. The molecule has 0 aliphatic rings. The van der Waals surface area contributed by atoms with Crippen LogP contribution in [0.1, 0.15) is 0 Å². The molecule has 0 saturated heterocycles. The normalized spacial score (nSPS) is 0. The Hall–Kier alpha value is 1.78. The average molecular weight is 80.0 g/mol. The molecular formula is HCaLiO2. The van der Waals surface area contributed by atoms with Gasteiger partial charge in [0.15, 0.2) is 0 Å². The Morgan fingerprint density at radius 1 is 1.00 bits per heavy atom. The summed E-state index contributed by atoms with van der Waals surface area (Å²) in [6.07, 6.45) is 0. The molecule has 0 unspecified atom stereocenters. The first kappa shape index (κ1) is 41.7. The van der Waals surface area contributed by atoms with Crippen LogP contribution in [0.2, 0.25) is 0 Å². The van der Waals surface area contributed by atoms with E-state index in [2.05, 4.69) is 0 Å². The Morgan fingerprint density at radius 2 is 1.00 bits per heavy atom. The van der Waals surface area contributed by atoms with Crippen molar-refractivity contribution >= 4 is 37.7 Å². The quantitative estimate of drug-likeness (QED) is 0.276. The summed E-state index contributed by atoms with van der Waals surface area (Å²) in [7, 11) is 0. The summed E-state index contributed by atoms with van der Waals surface area (Å²) in [4.78, 5) is 0. The molecule has 2 nitrogen and oxygen atoms in total. The second-order valence-corrected chi connectivity index (χ2v) is 0. The van der Waals surface area contributed by atoms with E-state index in [1.807, 2.05) is 0 Å². The third-order valence-electron chi connectivity index (χ3n) is 0. The molecule has 4 heavy (non-hydrogen) atoms. The third kappa shape index (κ3) is 9.22. The molecule has 0 aliphatic carbocycles. The molecule has 0 heterocycles. The van der Waals surface area contributed by atoms with Crippen LogP contribution in [0, 0.1) is 0 Å². The summed E-state index contributed by atoms with van der Waals surface area (Å²) in [6, 6.07) is 0. The second kappa shape index (κ2) is 21.6. The molecule has 0 radical (unpaired) electrons. The smallest absolute Gasteiger partial charge is 2.00 e. The van der Waals surface area contributed by atoms with Crippen LogP contribution in [-0.2, 0) is 5.48 Å². The number of hydrogen-bond donors (Lipinski definition) is 0. The van der Waals surface area contributed by atoms with Crippen molar-refractivity contribution in [2.45, 2.75) is 0 Å². The van der Waals surface area contributed by atoms with Gasteiger partial charge in [-0.25, -0.2) is 0 Å². The van der Waals surface area contributed by atoms with E-state index in [-0.39, 0.29) is 67.6 Å². The van der Waals surface area contributed by atoms with Crippen LogP contribution in [0.4, 0.5) is 0 Å². The number of rotatable bonds is 0. The molecule has 0 aliphatic heterocycles. The van der Waals surface area contributed by atoms with Crippen molar-refractivity contribution in [2.75, 3.05) is 0 Å². The van der Waals surface area contributed by atoms with Crippen molar-refractivity contribution < 1.29 is 29.8 Å².